The molecule has 4 rings (SSSR count). The molecular weight excluding hydrogens is 399 g/mol. The number of hydrogen-bond acceptors (Lipinski definition) is 4. The van der Waals surface area contributed by atoms with Crippen molar-refractivity contribution in [3.05, 3.63) is 84.3 Å². The van der Waals surface area contributed by atoms with E-state index in [4.69, 9.17) is 4.42 Å². The molecule has 0 aliphatic rings. The van der Waals surface area contributed by atoms with Crippen molar-refractivity contribution in [2.45, 2.75) is 19.4 Å². The smallest absolute Gasteiger partial charge is 0.286 e. The molecule has 0 fully saturated rings. The summed E-state index contributed by atoms with van der Waals surface area (Å²) in [5.74, 6) is 0.159. The first kappa shape index (κ1) is 20.3. The molecule has 2 N–H and O–H groups in total. The van der Waals surface area contributed by atoms with Gasteiger partial charge >= 0.3 is 0 Å². The second kappa shape index (κ2) is 9.25. The van der Waals surface area contributed by atoms with Crippen LogP contribution in [0.15, 0.2) is 71.3 Å². The van der Waals surface area contributed by atoms with Crippen molar-refractivity contribution in [2.24, 2.45) is 0 Å². The zero-order valence-corrected chi connectivity index (χ0v) is 16.7. The van der Waals surface area contributed by atoms with Gasteiger partial charge in [0, 0.05) is 18.7 Å². The number of aromatic nitrogens is 2. The fourth-order valence-electron chi connectivity index (χ4n) is 3.31. The Morgan fingerprint density at radius 3 is 2.61 bits per heavy atom. The third-order valence-electron chi connectivity index (χ3n) is 4.77. The summed E-state index contributed by atoms with van der Waals surface area (Å²) in [6.45, 7) is 0.524. The molecular formula is C23H21FN4O3. The molecule has 0 aliphatic heterocycles. The number of benzene rings is 2. The van der Waals surface area contributed by atoms with E-state index in [0.29, 0.717) is 25.1 Å². The van der Waals surface area contributed by atoms with Crippen molar-refractivity contribution in [3.8, 4) is 0 Å². The number of amides is 2. The fraction of sp³-hybridized carbons (Fsp3) is 0.174. The zero-order valence-electron chi connectivity index (χ0n) is 16.7. The molecule has 0 atom stereocenters. The van der Waals surface area contributed by atoms with Crippen LogP contribution in [0, 0.1) is 5.82 Å². The van der Waals surface area contributed by atoms with E-state index in [0.717, 1.165) is 16.9 Å². The van der Waals surface area contributed by atoms with E-state index in [-0.39, 0.29) is 29.9 Å². The van der Waals surface area contributed by atoms with Gasteiger partial charge in [0.2, 0.25) is 5.91 Å². The Morgan fingerprint density at radius 1 is 1.03 bits per heavy atom. The Hall–Kier alpha value is -3.94. The molecule has 0 aliphatic carbocycles. The molecule has 0 spiro atoms. The highest BCUT2D eigenvalue weighted by Crippen LogP contribution is 2.18. The van der Waals surface area contributed by atoms with Gasteiger partial charge in [0.25, 0.3) is 5.91 Å². The van der Waals surface area contributed by atoms with E-state index in [1.54, 1.807) is 12.1 Å². The van der Waals surface area contributed by atoms with Crippen LogP contribution >= 0.6 is 0 Å². The molecule has 0 saturated heterocycles. The lowest BCUT2D eigenvalue weighted by molar-refractivity contribution is -0.116. The summed E-state index contributed by atoms with van der Waals surface area (Å²) in [7, 11) is 0. The summed E-state index contributed by atoms with van der Waals surface area (Å²) >= 11 is 0. The van der Waals surface area contributed by atoms with Gasteiger partial charge in [-0.3, -0.25) is 9.59 Å². The SMILES string of the molecule is O=C(Cn1c(CCCNC(=O)c2ccco2)nc2ccccc21)Nc1ccc(F)cc1. The maximum atomic E-state index is 13.1. The number of anilines is 1. The number of rotatable bonds is 8. The monoisotopic (exact) mass is 420 g/mol. The van der Waals surface area contributed by atoms with Gasteiger partial charge < -0.3 is 19.6 Å². The second-order valence-corrected chi connectivity index (χ2v) is 6.99. The average molecular weight is 420 g/mol. The third kappa shape index (κ3) is 4.98. The zero-order chi connectivity index (χ0) is 21.6. The highest BCUT2D eigenvalue weighted by molar-refractivity contribution is 5.92. The predicted molar refractivity (Wildman–Crippen MR) is 114 cm³/mol. The van der Waals surface area contributed by atoms with Gasteiger partial charge in [-0.1, -0.05) is 12.1 Å². The summed E-state index contributed by atoms with van der Waals surface area (Å²) in [6, 6.07) is 16.5. The number of carbonyl (C=O) groups excluding carboxylic acids is 2. The molecule has 4 aromatic rings. The number of carbonyl (C=O) groups is 2. The Balaban J connectivity index is 1.42. The van der Waals surface area contributed by atoms with E-state index < -0.39 is 0 Å². The van der Waals surface area contributed by atoms with E-state index in [2.05, 4.69) is 15.6 Å². The minimum absolute atomic E-state index is 0.0754. The second-order valence-electron chi connectivity index (χ2n) is 6.99. The lowest BCUT2D eigenvalue weighted by Gasteiger charge is -2.10. The van der Waals surface area contributed by atoms with Gasteiger partial charge in [-0.15, -0.1) is 0 Å². The lowest BCUT2D eigenvalue weighted by atomic mass is 10.2. The molecule has 0 radical (unpaired) electrons. The normalized spacial score (nSPS) is 10.9. The number of halogens is 1. The van der Waals surface area contributed by atoms with Crippen LogP contribution in [-0.4, -0.2) is 27.9 Å². The van der Waals surface area contributed by atoms with Crippen LogP contribution in [0.3, 0.4) is 0 Å². The third-order valence-corrected chi connectivity index (χ3v) is 4.77. The van der Waals surface area contributed by atoms with E-state index in [1.807, 2.05) is 28.8 Å². The molecule has 7 nitrogen and oxygen atoms in total. The van der Waals surface area contributed by atoms with Crippen molar-refractivity contribution >= 4 is 28.5 Å². The van der Waals surface area contributed by atoms with E-state index in [1.165, 1.54) is 30.5 Å². The number of nitrogens with one attached hydrogen (secondary N) is 2. The van der Waals surface area contributed by atoms with Crippen LogP contribution in [0.1, 0.15) is 22.8 Å². The van der Waals surface area contributed by atoms with Gasteiger partial charge in [0.15, 0.2) is 5.76 Å². The molecule has 0 saturated carbocycles. The highest BCUT2D eigenvalue weighted by atomic mass is 19.1. The van der Waals surface area contributed by atoms with Gasteiger partial charge in [0.1, 0.15) is 18.2 Å². The quantitative estimate of drug-likeness (QED) is 0.425. The van der Waals surface area contributed by atoms with Crippen LogP contribution in [0.4, 0.5) is 10.1 Å². The van der Waals surface area contributed by atoms with E-state index >= 15 is 0 Å². The highest BCUT2D eigenvalue weighted by Gasteiger charge is 2.14. The summed E-state index contributed by atoms with van der Waals surface area (Å²) < 4.78 is 20.0. The number of aryl methyl sites for hydroxylation is 1. The molecule has 2 heterocycles. The average Bonchev–Trinajstić information content (AvgIpc) is 3.42. The molecule has 2 aromatic heterocycles. The first-order valence-corrected chi connectivity index (χ1v) is 9.91. The number of nitrogens with zero attached hydrogens (tertiary/aromatic N) is 2. The molecule has 2 amide bonds. The Labute approximate surface area is 177 Å². The number of hydrogen-bond donors (Lipinski definition) is 2. The molecule has 31 heavy (non-hydrogen) atoms. The molecule has 2 aromatic carbocycles. The lowest BCUT2D eigenvalue weighted by Crippen LogP contribution is -2.25. The van der Waals surface area contributed by atoms with Gasteiger partial charge in [-0.25, -0.2) is 9.37 Å². The van der Waals surface area contributed by atoms with Crippen molar-refractivity contribution in [1.82, 2.24) is 14.9 Å². The van der Waals surface area contributed by atoms with Crippen LogP contribution < -0.4 is 10.6 Å². The van der Waals surface area contributed by atoms with Crippen molar-refractivity contribution < 1.29 is 18.4 Å². The number of fused-ring (bicyclic) bond motifs is 1. The fourth-order valence-corrected chi connectivity index (χ4v) is 3.31. The van der Waals surface area contributed by atoms with Crippen molar-refractivity contribution in [1.29, 1.82) is 0 Å². The molecule has 0 unspecified atom stereocenters. The summed E-state index contributed by atoms with van der Waals surface area (Å²) in [5, 5.41) is 5.58. The minimum atomic E-state index is -0.361. The van der Waals surface area contributed by atoms with Gasteiger partial charge in [-0.05, 0) is 55.0 Å². The minimum Gasteiger partial charge on any atom is -0.459 e. The first-order valence-electron chi connectivity index (χ1n) is 9.91. The topological polar surface area (TPSA) is 89.2 Å². The number of para-hydroxylation sites is 2. The largest absolute Gasteiger partial charge is 0.459 e. The van der Waals surface area contributed by atoms with Crippen molar-refractivity contribution in [3.63, 3.8) is 0 Å². The Bertz CT molecular complexity index is 1180. The predicted octanol–water partition coefficient (Wildman–Crippen LogP) is 3.77. The summed E-state index contributed by atoms with van der Waals surface area (Å²) in [6.07, 6.45) is 2.68. The maximum Gasteiger partial charge on any atom is 0.286 e. The number of imidazole rings is 1. The molecule has 0 bridgehead atoms. The number of furan rings is 1. The van der Waals surface area contributed by atoms with Crippen LogP contribution in [0.2, 0.25) is 0 Å². The first-order chi connectivity index (χ1) is 15.1. The van der Waals surface area contributed by atoms with Crippen molar-refractivity contribution in [2.75, 3.05) is 11.9 Å². The molecule has 8 heteroatoms. The van der Waals surface area contributed by atoms with Gasteiger partial charge in [-0.2, -0.15) is 0 Å². The van der Waals surface area contributed by atoms with Crippen LogP contribution in [0.25, 0.3) is 11.0 Å². The Kier molecular flexibility index (Phi) is 6.07. The Morgan fingerprint density at radius 2 is 1.84 bits per heavy atom. The van der Waals surface area contributed by atoms with Crippen LogP contribution in [-0.2, 0) is 17.8 Å². The molecule has 158 valence electrons. The van der Waals surface area contributed by atoms with Gasteiger partial charge in [0.05, 0.1) is 17.3 Å². The standard InChI is InChI=1S/C23H21FN4O3/c24-16-9-11-17(12-10-16)26-22(29)15-28-19-6-2-1-5-18(19)27-21(28)8-3-13-25-23(30)20-7-4-14-31-20/h1-2,4-7,9-12,14H,3,8,13,15H2,(H,25,30)(H,26,29). The van der Waals surface area contributed by atoms with Crippen LogP contribution in [0.5, 0.6) is 0 Å². The summed E-state index contributed by atoms with van der Waals surface area (Å²) in [4.78, 5) is 29.2. The van der Waals surface area contributed by atoms with E-state index in [9.17, 15) is 14.0 Å². The summed E-state index contributed by atoms with van der Waals surface area (Å²) in [5.41, 5.74) is 2.18. The maximum absolute atomic E-state index is 13.1.